The molecule has 3 N–H and O–H groups in total. The predicted molar refractivity (Wildman–Crippen MR) is 63.4 cm³/mol. The summed E-state index contributed by atoms with van der Waals surface area (Å²) in [6.07, 6.45) is 0.737. The highest BCUT2D eigenvalue weighted by Crippen LogP contribution is 2.26. The lowest BCUT2D eigenvalue weighted by molar-refractivity contribution is 0.451. The molecule has 1 aromatic carbocycles. The van der Waals surface area contributed by atoms with Crippen molar-refractivity contribution in [2.75, 3.05) is 0 Å². The highest BCUT2D eigenvalue weighted by molar-refractivity contribution is 5.57. The Morgan fingerprint density at radius 1 is 1.41 bits per heavy atom. The van der Waals surface area contributed by atoms with E-state index < -0.39 is 0 Å². The summed E-state index contributed by atoms with van der Waals surface area (Å²) in [5, 5.41) is 17.4. The van der Waals surface area contributed by atoms with Gasteiger partial charge in [-0.15, -0.1) is 10.2 Å². The molecule has 0 saturated carbocycles. The lowest BCUT2D eigenvalue weighted by Gasteiger charge is -2.01. The molecule has 1 aromatic heterocycles. The highest BCUT2D eigenvalue weighted by Gasteiger charge is 2.14. The van der Waals surface area contributed by atoms with E-state index in [1.54, 1.807) is 12.1 Å². The summed E-state index contributed by atoms with van der Waals surface area (Å²) >= 11 is 0. The van der Waals surface area contributed by atoms with Gasteiger partial charge in [0, 0.05) is 5.56 Å². The molecule has 0 spiro atoms. The maximum atomic E-state index is 9.61. The van der Waals surface area contributed by atoms with Crippen LogP contribution in [0.2, 0.25) is 0 Å². The van der Waals surface area contributed by atoms with Crippen LogP contribution in [0, 0.1) is 6.92 Å². The normalized spacial score (nSPS) is 12.6. The van der Waals surface area contributed by atoms with Gasteiger partial charge in [-0.2, -0.15) is 0 Å². The number of hydrogen-bond donors (Lipinski definition) is 2. The number of nitrogens with two attached hydrogens (primary N) is 1. The van der Waals surface area contributed by atoms with Crippen molar-refractivity contribution >= 4 is 0 Å². The zero-order valence-corrected chi connectivity index (χ0v) is 9.84. The number of aromatic nitrogens is 2. The van der Waals surface area contributed by atoms with Crippen LogP contribution in [-0.2, 0) is 0 Å². The van der Waals surface area contributed by atoms with Crippen LogP contribution < -0.4 is 5.73 Å². The average Bonchev–Trinajstić information content (AvgIpc) is 2.81. The van der Waals surface area contributed by atoms with Gasteiger partial charge in [-0.1, -0.05) is 13.0 Å². The molecule has 1 unspecified atom stereocenters. The van der Waals surface area contributed by atoms with Crippen molar-refractivity contribution in [2.24, 2.45) is 5.73 Å². The van der Waals surface area contributed by atoms with E-state index >= 15 is 0 Å². The van der Waals surface area contributed by atoms with Crippen LogP contribution in [0.1, 0.15) is 30.8 Å². The molecule has 0 amide bonds. The molecule has 0 fully saturated rings. The smallest absolute Gasteiger partial charge is 0.247 e. The lowest BCUT2D eigenvalue weighted by atomic mass is 10.1. The molecule has 0 aliphatic heterocycles. The zero-order valence-electron chi connectivity index (χ0n) is 9.84. The first kappa shape index (κ1) is 11.6. The van der Waals surface area contributed by atoms with E-state index in [1.807, 2.05) is 19.9 Å². The van der Waals surface area contributed by atoms with Crippen LogP contribution in [0.3, 0.4) is 0 Å². The Hall–Kier alpha value is -1.88. The molecule has 0 radical (unpaired) electrons. The molecule has 90 valence electrons. The second-order valence-electron chi connectivity index (χ2n) is 3.96. The molecule has 1 heterocycles. The molecular weight excluding hydrogens is 218 g/mol. The maximum Gasteiger partial charge on any atom is 0.247 e. The van der Waals surface area contributed by atoms with Gasteiger partial charge in [-0.05, 0) is 31.0 Å². The van der Waals surface area contributed by atoms with Crippen molar-refractivity contribution in [3.8, 4) is 17.2 Å². The molecule has 0 aliphatic rings. The molecule has 5 nitrogen and oxygen atoms in total. The van der Waals surface area contributed by atoms with E-state index in [9.17, 15) is 5.11 Å². The molecule has 1 atom stereocenters. The predicted octanol–water partition coefficient (Wildman–Crippen LogP) is 2.16. The van der Waals surface area contributed by atoms with Crippen LogP contribution >= 0.6 is 0 Å². The molecular formula is C12H15N3O2. The van der Waals surface area contributed by atoms with Gasteiger partial charge in [0.1, 0.15) is 5.75 Å². The van der Waals surface area contributed by atoms with Crippen LogP contribution in [-0.4, -0.2) is 15.3 Å². The fourth-order valence-corrected chi connectivity index (χ4v) is 1.42. The minimum atomic E-state index is -0.240. The molecule has 5 heteroatoms. The number of hydrogen-bond acceptors (Lipinski definition) is 5. The van der Waals surface area contributed by atoms with Crippen LogP contribution in [0.15, 0.2) is 22.6 Å². The standard InChI is InChI=1S/C12H15N3O2/c1-3-9(13)12-15-14-11(17-12)8-5-4-7(2)10(16)6-8/h4-6,9,16H,3,13H2,1-2H3. The van der Waals surface area contributed by atoms with Gasteiger partial charge in [0.2, 0.25) is 11.8 Å². The second kappa shape index (κ2) is 4.55. The quantitative estimate of drug-likeness (QED) is 0.848. The third-order valence-corrected chi connectivity index (χ3v) is 2.65. The van der Waals surface area contributed by atoms with E-state index in [4.69, 9.17) is 10.2 Å². The number of aromatic hydroxyl groups is 1. The van der Waals surface area contributed by atoms with Gasteiger partial charge in [-0.3, -0.25) is 0 Å². The van der Waals surface area contributed by atoms with Crippen LogP contribution in [0.5, 0.6) is 5.75 Å². The average molecular weight is 233 g/mol. The van der Waals surface area contributed by atoms with E-state index in [0.717, 1.165) is 12.0 Å². The van der Waals surface area contributed by atoms with Crippen molar-refractivity contribution in [3.63, 3.8) is 0 Å². The second-order valence-corrected chi connectivity index (χ2v) is 3.96. The Labute approximate surface area is 99.3 Å². The summed E-state index contributed by atoms with van der Waals surface area (Å²) in [4.78, 5) is 0. The van der Waals surface area contributed by atoms with Gasteiger partial charge in [0.25, 0.3) is 0 Å². The molecule has 2 rings (SSSR count). The first-order valence-electron chi connectivity index (χ1n) is 5.50. The van der Waals surface area contributed by atoms with E-state index in [2.05, 4.69) is 10.2 Å². The maximum absolute atomic E-state index is 9.61. The van der Waals surface area contributed by atoms with Gasteiger partial charge in [0.15, 0.2) is 0 Å². The minimum Gasteiger partial charge on any atom is -0.508 e. The van der Waals surface area contributed by atoms with E-state index in [1.165, 1.54) is 0 Å². The minimum absolute atomic E-state index is 0.210. The third-order valence-electron chi connectivity index (χ3n) is 2.65. The highest BCUT2D eigenvalue weighted by atomic mass is 16.4. The summed E-state index contributed by atoms with van der Waals surface area (Å²) in [6.45, 7) is 3.78. The zero-order chi connectivity index (χ0) is 12.4. The fraction of sp³-hybridized carbons (Fsp3) is 0.333. The van der Waals surface area contributed by atoms with Crippen molar-refractivity contribution in [1.29, 1.82) is 0 Å². The van der Waals surface area contributed by atoms with E-state index in [-0.39, 0.29) is 11.8 Å². The van der Waals surface area contributed by atoms with Crippen molar-refractivity contribution in [1.82, 2.24) is 10.2 Å². The van der Waals surface area contributed by atoms with Gasteiger partial charge >= 0.3 is 0 Å². The Morgan fingerprint density at radius 3 is 2.82 bits per heavy atom. The first-order valence-corrected chi connectivity index (χ1v) is 5.50. The monoisotopic (exact) mass is 233 g/mol. The molecule has 0 saturated heterocycles. The SMILES string of the molecule is CCC(N)c1nnc(-c2ccc(C)c(O)c2)o1. The number of phenolic OH excluding ortho intramolecular Hbond substituents is 1. The summed E-state index contributed by atoms with van der Waals surface area (Å²) in [5.41, 5.74) is 7.29. The molecule has 0 bridgehead atoms. The number of benzene rings is 1. The molecule has 17 heavy (non-hydrogen) atoms. The van der Waals surface area contributed by atoms with Gasteiger partial charge < -0.3 is 15.3 Å². The number of phenols is 1. The number of rotatable bonds is 3. The van der Waals surface area contributed by atoms with Crippen LogP contribution in [0.4, 0.5) is 0 Å². The van der Waals surface area contributed by atoms with Gasteiger partial charge in [0.05, 0.1) is 6.04 Å². The number of nitrogens with zero attached hydrogens (tertiary/aromatic N) is 2. The Bertz CT molecular complexity index is 522. The van der Waals surface area contributed by atoms with Crippen molar-refractivity contribution in [3.05, 3.63) is 29.7 Å². The Kier molecular flexibility index (Phi) is 3.10. The molecule has 0 aliphatic carbocycles. The fourth-order valence-electron chi connectivity index (χ4n) is 1.42. The summed E-state index contributed by atoms with van der Waals surface area (Å²) in [6, 6.07) is 4.98. The van der Waals surface area contributed by atoms with Crippen molar-refractivity contribution in [2.45, 2.75) is 26.3 Å². The topological polar surface area (TPSA) is 85.2 Å². The summed E-state index contributed by atoms with van der Waals surface area (Å²) in [5.74, 6) is 1.00. The number of aryl methyl sites for hydroxylation is 1. The largest absolute Gasteiger partial charge is 0.508 e. The van der Waals surface area contributed by atoms with Crippen molar-refractivity contribution < 1.29 is 9.52 Å². The Morgan fingerprint density at radius 2 is 2.18 bits per heavy atom. The Balaban J connectivity index is 2.33. The molecule has 2 aromatic rings. The van der Waals surface area contributed by atoms with Crippen LogP contribution in [0.25, 0.3) is 11.5 Å². The third kappa shape index (κ3) is 2.29. The lowest BCUT2D eigenvalue weighted by Crippen LogP contribution is -2.08. The van der Waals surface area contributed by atoms with E-state index in [0.29, 0.717) is 17.3 Å². The summed E-state index contributed by atoms with van der Waals surface area (Å²) < 4.78 is 5.46. The summed E-state index contributed by atoms with van der Waals surface area (Å²) in [7, 11) is 0. The van der Waals surface area contributed by atoms with Gasteiger partial charge in [-0.25, -0.2) is 0 Å². The first-order chi connectivity index (χ1) is 8.11.